The summed E-state index contributed by atoms with van der Waals surface area (Å²) in [6, 6.07) is 0. The molecule has 0 bridgehead atoms. The summed E-state index contributed by atoms with van der Waals surface area (Å²) in [5, 5.41) is 12.6. The Bertz CT molecular complexity index is 310. The molecule has 0 aromatic carbocycles. The predicted molar refractivity (Wildman–Crippen MR) is 48.6 cm³/mol. The lowest BCUT2D eigenvalue weighted by molar-refractivity contribution is 0.0696. The second-order valence-electron chi connectivity index (χ2n) is 4.29. The Morgan fingerprint density at radius 1 is 1.62 bits per heavy atom. The molecule has 1 aromatic rings. The zero-order valence-electron chi connectivity index (χ0n) is 8.11. The molecule has 13 heavy (non-hydrogen) atoms. The zero-order valence-corrected chi connectivity index (χ0v) is 8.11. The number of carboxylic acids is 1. The van der Waals surface area contributed by atoms with Gasteiger partial charge >= 0.3 is 5.97 Å². The van der Waals surface area contributed by atoms with Gasteiger partial charge in [-0.1, -0.05) is 20.8 Å². The molecule has 1 N–H and O–H groups in total. The fourth-order valence-corrected chi connectivity index (χ4v) is 1.05. The summed E-state index contributed by atoms with van der Waals surface area (Å²) in [7, 11) is 0. The van der Waals surface area contributed by atoms with Crippen molar-refractivity contribution in [2.24, 2.45) is 5.41 Å². The molecule has 4 heteroatoms. The van der Waals surface area contributed by atoms with Gasteiger partial charge in [-0.15, -0.1) is 0 Å². The Hall–Kier alpha value is -1.32. The fourth-order valence-electron chi connectivity index (χ4n) is 1.05. The molecule has 0 spiro atoms. The molecule has 0 aliphatic rings. The van der Waals surface area contributed by atoms with Gasteiger partial charge in [0.1, 0.15) is 0 Å². The normalized spacial score (nSPS) is 11.6. The molecule has 1 rings (SSSR count). The molecule has 0 unspecified atom stereocenters. The molecule has 0 fully saturated rings. The van der Waals surface area contributed by atoms with Crippen LogP contribution < -0.4 is 0 Å². The van der Waals surface area contributed by atoms with Crippen molar-refractivity contribution in [2.45, 2.75) is 27.3 Å². The molecule has 0 aliphatic heterocycles. The summed E-state index contributed by atoms with van der Waals surface area (Å²) >= 11 is 0. The number of carboxylic acid groups (broad SMARTS) is 1. The molecule has 1 aromatic heterocycles. The largest absolute Gasteiger partial charge is 0.478 e. The summed E-state index contributed by atoms with van der Waals surface area (Å²) in [5.41, 5.74) is 0.353. The lowest BCUT2D eigenvalue weighted by Gasteiger charge is -2.17. The molecule has 72 valence electrons. The molecule has 0 radical (unpaired) electrons. The molecule has 4 nitrogen and oxygen atoms in total. The van der Waals surface area contributed by atoms with Crippen LogP contribution in [-0.2, 0) is 6.54 Å². The minimum Gasteiger partial charge on any atom is -0.478 e. The van der Waals surface area contributed by atoms with Crippen LogP contribution in [0.2, 0.25) is 0 Å². The summed E-state index contributed by atoms with van der Waals surface area (Å²) < 4.78 is 1.66. The van der Waals surface area contributed by atoms with Crippen LogP contribution in [0.4, 0.5) is 0 Å². The SMILES string of the molecule is CC(C)(C)Cn1cc(C(=O)O)cn1. The van der Waals surface area contributed by atoms with Crippen LogP contribution in [0, 0.1) is 5.41 Å². The molecular weight excluding hydrogens is 168 g/mol. The van der Waals surface area contributed by atoms with Crippen molar-refractivity contribution in [1.82, 2.24) is 9.78 Å². The van der Waals surface area contributed by atoms with Gasteiger partial charge < -0.3 is 5.11 Å². The molecule has 1 heterocycles. The summed E-state index contributed by atoms with van der Waals surface area (Å²) in [6.45, 7) is 6.96. The first kappa shape index (κ1) is 9.77. The fraction of sp³-hybridized carbons (Fsp3) is 0.556. The average Bonchev–Trinajstić information content (AvgIpc) is 2.31. The number of carbonyl (C=O) groups is 1. The molecule has 0 amide bonds. The van der Waals surface area contributed by atoms with Crippen molar-refractivity contribution in [3.05, 3.63) is 18.0 Å². The second kappa shape index (κ2) is 3.20. The maximum atomic E-state index is 10.5. The summed E-state index contributed by atoms with van der Waals surface area (Å²) in [4.78, 5) is 10.5. The highest BCUT2D eigenvalue weighted by atomic mass is 16.4. The van der Waals surface area contributed by atoms with Gasteiger partial charge in [-0.3, -0.25) is 4.68 Å². The average molecular weight is 182 g/mol. The lowest BCUT2D eigenvalue weighted by atomic mass is 9.97. The lowest BCUT2D eigenvalue weighted by Crippen LogP contribution is -2.15. The van der Waals surface area contributed by atoms with Crippen LogP contribution in [0.1, 0.15) is 31.1 Å². The third kappa shape index (κ3) is 2.89. The van der Waals surface area contributed by atoms with E-state index in [1.54, 1.807) is 10.9 Å². The topological polar surface area (TPSA) is 55.1 Å². The van der Waals surface area contributed by atoms with Crippen LogP contribution >= 0.6 is 0 Å². The quantitative estimate of drug-likeness (QED) is 0.756. The molecule has 0 aliphatic carbocycles. The van der Waals surface area contributed by atoms with Gasteiger partial charge in [0.25, 0.3) is 0 Å². The van der Waals surface area contributed by atoms with Crippen molar-refractivity contribution in [2.75, 3.05) is 0 Å². The van der Waals surface area contributed by atoms with Gasteiger partial charge in [0.05, 0.1) is 11.8 Å². The monoisotopic (exact) mass is 182 g/mol. The Kier molecular flexibility index (Phi) is 2.40. The molecule has 0 saturated heterocycles. The summed E-state index contributed by atoms with van der Waals surface area (Å²) in [5.74, 6) is -0.930. The van der Waals surface area contributed by atoms with Crippen LogP contribution in [0.3, 0.4) is 0 Å². The van der Waals surface area contributed by atoms with E-state index in [1.165, 1.54) is 6.20 Å². The minimum atomic E-state index is -0.930. The number of hydrogen-bond donors (Lipinski definition) is 1. The van der Waals surface area contributed by atoms with E-state index in [4.69, 9.17) is 5.11 Å². The first-order chi connectivity index (χ1) is 5.88. The number of nitrogens with zero attached hydrogens (tertiary/aromatic N) is 2. The van der Waals surface area contributed by atoms with Crippen LogP contribution in [-0.4, -0.2) is 20.9 Å². The van der Waals surface area contributed by atoms with E-state index in [2.05, 4.69) is 25.9 Å². The van der Waals surface area contributed by atoms with E-state index in [0.717, 1.165) is 6.54 Å². The van der Waals surface area contributed by atoms with Crippen molar-refractivity contribution >= 4 is 5.97 Å². The van der Waals surface area contributed by atoms with Gasteiger partial charge in [0.2, 0.25) is 0 Å². The molecule has 0 atom stereocenters. The standard InChI is InChI=1S/C9H14N2O2/c1-9(2,3)6-11-5-7(4-10-11)8(12)13/h4-5H,6H2,1-3H3,(H,12,13). The smallest absolute Gasteiger partial charge is 0.338 e. The Labute approximate surface area is 77.2 Å². The van der Waals surface area contributed by atoms with E-state index in [1.807, 2.05) is 0 Å². The number of hydrogen-bond acceptors (Lipinski definition) is 2. The highest BCUT2D eigenvalue weighted by molar-refractivity contribution is 5.86. The highest BCUT2D eigenvalue weighted by Gasteiger charge is 2.13. The third-order valence-electron chi connectivity index (χ3n) is 1.52. The highest BCUT2D eigenvalue weighted by Crippen LogP contribution is 2.15. The first-order valence-electron chi connectivity index (χ1n) is 4.14. The van der Waals surface area contributed by atoms with E-state index < -0.39 is 5.97 Å². The number of rotatable bonds is 2. The van der Waals surface area contributed by atoms with Crippen LogP contribution in [0.15, 0.2) is 12.4 Å². The molecule has 0 saturated carbocycles. The Morgan fingerprint density at radius 2 is 2.23 bits per heavy atom. The summed E-state index contributed by atoms with van der Waals surface area (Å²) in [6.07, 6.45) is 2.92. The van der Waals surface area contributed by atoms with Crippen molar-refractivity contribution < 1.29 is 9.90 Å². The third-order valence-corrected chi connectivity index (χ3v) is 1.52. The van der Waals surface area contributed by atoms with E-state index >= 15 is 0 Å². The van der Waals surface area contributed by atoms with E-state index in [0.29, 0.717) is 0 Å². The van der Waals surface area contributed by atoms with Gasteiger partial charge in [-0.2, -0.15) is 5.10 Å². The molecular formula is C9H14N2O2. The van der Waals surface area contributed by atoms with E-state index in [-0.39, 0.29) is 11.0 Å². The zero-order chi connectivity index (χ0) is 10.1. The number of aromatic carboxylic acids is 1. The number of aromatic nitrogens is 2. The van der Waals surface area contributed by atoms with E-state index in [9.17, 15) is 4.79 Å². The van der Waals surface area contributed by atoms with Gasteiger partial charge in [0.15, 0.2) is 0 Å². The Morgan fingerprint density at radius 3 is 2.62 bits per heavy atom. The van der Waals surface area contributed by atoms with Gasteiger partial charge in [-0.05, 0) is 5.41 Å². The maximum absolute atomic E-state index is 10.5. The van der Waals surface area contributed by atoms with Crippen molar-refractivity contribution in [3.63, 3.8) is 0 Å². The second-order valence-corrected chi connectivity index (χ2v) is 4.29. The van der Waals surface area contributed by atoms with Crippen LogP contribution in [0.25, 0.3) is 0 Å². The van der Waals surface area contributed by atoms with Gasteiger partial charge in [0, 0.05) is 12.7 Å². The van der Waals surface area contributed by atoms with Crippen molar-refractivity contribution in [3.8, 4) is 0 Å². The maximum Gasteiger partial charge on any atom is 0.338 e. The Balaban J connectivity index is 2.75. The van der Waals surface area contributed by atoms with Gasteiger partial charge in [-0.25, -0.2) is 4.79 Å². The van der Waals surface area contributed by atoms with Crippen LogP contribution in [0.5, 0.6) is 0 Å². The van der Waals surface area contributed by atoms with Crippen molar-refractivity contribution in [1.29, 1.82) is 0 Å². The first-order valence-corrected chi connectivity index (χ1v) is 4.14. The predicted octanol–water partition coefficient (Wildman–Crippen LogP) is 1.63. The minimum absolute atomic E-state index is 0.113.